The van der Waals surface area contributed by atoms with Crippen molar-refractivity contribution in [2.24, 2.45) is 0 Å². The highest BCUT2D eigenvalue weighted by Gasteiger charge is 2.15. The number of ether oxygens (including phenoxy) is 5. The standard InChI is InChI=1S/C28H30O6/c1-30-25-17-22(11-6-19-4-9-21(10-5-19)28(29)32-3)23(18-26(25)31-2)12-7-20-8-13-24-27(16-20)34-15-14-33-24/h4-5,8-10,13,16-18H,6-7,11-12,14-15H2,1-3H3. The third-order valence-electron chi connectivity index (χ3n) is 6.05. The lowest BCUT2D eigenvalue weighted by Gasteiger charge is -2.19. The smallest absolute Gasteiger partial charge is 0.337 e. The van der Waals surface area contributed by atoms with Gasteiger partial charge in [-0.3, -0.25) is 0 Å². The fourth-order valence-electron chi connectivity index (χ4n) is 4.16. The van der Waals surface area contributed by atoms with E-state index in [9.17, 15) is 4.79 Å². The normalized spacial score (nSPS) is 12.2. The molecule has 3 aromatic carbocycles. The first-order chi connectivity index (χ1) is 16.6. The number of fused-ring (bicyclic) bond motifs is 1. The van der Waals surface area contributed by atoms with E-state index < -0.39 is 0 Å². The van der Waals surface area contributed by atoms with Gasteiger partial charge in [-0.05, 0) is 84.3 Å². The highest BCUT2D eigenvalue weighted by molar-refractivity contribution is 5.89. The van der Waals surface area contributed by atoms with E-state index in [1.807, 2.05) is 18.2 Å². The molecule has 0 radical (unpaired) electrons. The minimum absolute atomic E-state index is 0.326. The van der Waals surface area contributed by atoms with Gasteiger partial charge >= 0.3 is 5.97 Å². The monoisotopic (exact) mass is 462 g/mol. The number of rotatable bonds is 9. The number of hydrogen-bond acceptors (Lipinski definition) is 6. The van der Waals surface area contributed by atoms with Gasteiger partial charge in [-0.2, -0.15) is 0 Å². The van der Waals surface area contributed by atoms with Gasteiger partial charge in [0.1, 0.15) is 13.2 Å². The van der Waals surface area contributed by atoms with Gasteiger partial charge in [0.25, 0.3) is 0 Å². The van der Waals surface area contributed by atoms with E-state index in [0.29, 0.717) is 18.8 Å². The number of aryl methyl sites for hydroxylation is 4. The van der Waals surface area contributed by atoms with Gasteiger partial charge in [-0.25, -0.2) is 4.79 Å². The van der Waals surface area contributed by atoms with Crippen LogP contribution in [0.4, 0.5) is 0 Å². The van der Waals surface area contributed by atoms with Gasteiger partial charge in [-0.15, -0.1) is 0 Å². The second kappa shape index (κ2) is 11.0. The summed E-state index contributed by atoms with van der Waals surface area (Å²) in [5.74, 6) is 2.74. The molecule has 0 amide bonds. The molecular weight excluding hydrogens is 432 g/mol. The van der Waals surface area contributed by atoms with Crippen molar-refractivity contribution in [2.45, 2.75) is 25.7 Å². The number of esters is 1. The summed E-state index contributed by atoms with van der Waals surface area (Å²) in [6.07, 6.45) is 3.41. The molecule has 0 saturated carbocycles. The molecule has 4 rings (SSSR count). The Labute approximate surface area is 200 Å². The van der Waals surface area contributed by atoms with Crippen molar-refractivity contribution >= 4 is 5.97 Å². The molecule has 0 fully saturated rings. The van der Waals surface area contributed by atoms with Gasteiger partial charge in [0.05, 0.1) is 26.9 Å². The van der Waals surface area contributed by atoms with Crippen LogP contribution in [-0.2, 0) is 30.4 Å². The molecule has 0 aliphatic carbocycles. The number of hydrogen-bond donors (Lipinski definition) is 0. The Morgan fingerprint density at radius 2 is 1.26 bits per heavy atom. The summed E-state index contributed by atoms with van der Waals surface area (Å²) < 4.78 is 27.3. The molecular formula is C28H30O6. The van der Waals surface area contributed by atoms with Crippen molar-refractivity contribution in [2.75, 3.05) is 34.5 Å². The van der Waals surface area contributed by atoms with Crippen LogP contribution >= 0.6 is 0 Å². The lowest BCUT2D eigenvalue weighted by molar-refractivity contribution is 0.0600. The first-order valence-electron chi connectivity index (χ1n) is 11.4. The fraction of sp³-hybridized carbons (Fsp3) is 0.321. The van der Waals surface area contributed by atoms with E-state index in [2.05, 4.69) is 24.3 Å². The topological polar surface area (TPSA) is 63.2 Å². The third-order valence-corrected chi connectivity index (χ3v) is 6.05. The predicted octanol–water partition coefficient (Wildman–Crippen LogP) is 4.83. The number of carbonyl (C=O) groups excluding carboxylic acids is 1. The van der Waals surface area contributed by atoms with Gasteiger partial charge in [0, 0.05) is 0 Å². The number of carbonyl (C=O) groups is 1. The molecule has 1 heterocycles. The maximum Gasteiger partial charge on any atom is 0.337 e. The van der Waals surface area contributed by atoms with Gasteiger partial charge in [0.15, 0.2) is 23.0 Å². The Balaban J connectivity index is 1.51. The minimum Gasteiger partial charge on any atom is -0.493 e. The molecule has 0 aromatic heterocycles. The first-order valence-corrected chi connectivity index (χ1v) is 11.4. The van der Waals surface area contributed by atoms with E-state index in [0.717, 1.165) is 54.2 Å². The molecule has 6 heteroatoms. The molecule has 34 heavy (non-hydrogen) atoms. The fourth-order valence-corrected chi connectivity index (χ4v) is 4.16. The van der Waals surface area contributed by atoms with Crippen molar-refractivity contribution in [1.82, 2.24) is 0 Å². The molecule has 0 bridgehead atoms. The molecule has 0 spiro atoms. The van der Waals surface area contributed by atoms with Crippen molar-refractivity contribution in [3.05, 3.63) is 82.4 Å². The van der Waals surface area contributed by atoms with Gasteiger partial charge in [-0.1, -0.05) is 18.2 Å². The Kier molecular flexibility index (Phi) is 7.58. The minimum atomic E-state index is -0.326. The van der Waals surface area contributed by atoms with E-state index in [-0.39, 0.29) is 5.97 Å². The molecule has 0 atom stereocenters. The largest absolute Gasteiger partial charge is 0.493 e. The summed E-state index contributed by atoms with van der Waals surface area (Å²) in [7, 11) is 4.70. The van der Waals surface area contributed by atoms with Crippen molar-refractivity contribution < 1.29 is 28.5 Å². The second-order valence-corrected chi connectivity index (χ2v) is 8.14. The Morgan fingerprint density at radius 3 is 1.85 bits per heavy atom. The average Bonchev–Trinajstić information content (AvgIpc) is 2.90. The Bertz CT molecular complexity index is 1140. The molecule has 0 saturated heterocycles. The number of benzene rings is 3. The lowest BCUT2D eigenvalue weighted by Crippen LogP contribution is -2.15. The van der Waals surface area contributed by atoms with E-state index in [4.69, 9.17) is 23.7 Å². The predicted molar refractivity (Wildman–Crippen MR) is 130 cm³/mol. The first kappa shape index (κ1) is 23.5. The van der Waals surface area contributed by atoms with Gasteiger partial charge < -0.3 is 23.7 Å². The van der Waals surface area contributed by atoms with E-state index >= 15 is 0 Å². The van der Waals surface area contributed by atoms with Crippen LogP contribution in [-0.4, -0.2) is 40.5 Å². The maximum absolute atomic E-state index is 11.7. The van der Waals surface area contributed by atoms with Crippen LogP contribution in [0.2, 0.25) is 0 Å². The summed E-state index contributed by atoms with van der Waals surface area (Å²) in [5.41, 5.74) is 5.34. The zero-order chi connectivity index (χ0) is 23.9. The van der Waals surface area contributed by atoms with Crippen LogP contribution in [0.1, 0.15) is 32.6 Å². The maximum atomic E-state index is 11.7. The quantitative estimate of drug-likeness (QED) is 0.425. The third kappa shape index (κ3) is 5.45. The summed E-state index contributed by atoms with van der Waals surface area (Å²) >= 11 is 0. The molecule has 0 N–H and O–H groups in total. The van der Waals surface area contributed by atoms with Crippen LogP contribution in [0.5, 0.6) is 23.0 Å². The Morgan fingerprint density at radius 1 is 0.706 bits per heavy atom. The van der Waals surface area contributed by atoms with Crippen molar-refractivity contribution in [3.63, 3.8) is 0 Å². The van der Waals surface area contributed by atoms with Crippen LogP contribution in [0, 0.1) is 0 Å². The van der Waals surface area contributed by atoms with E-state index in [1.165, 1.54) is 23.8 Å². The summed E-state index contributed by atoms with van der Waals surface area (Å²) in [6.45, 7) is 1.17. The molecule has 1 aliphatic rings. The van der Waals surface area contributed by atoms with E-state index in [1.54, 1.807) is 26.4 Å². The SMILES string of the molecule is COC(=O)c1ccc(CCc2cc(OC)c(OC)cc2CCc2ccc3c(c2)OCCO3)cc1. The average molecular weight is 463 g/mol. The van der Waals surface area contributed by atoms with Crippen LogP contribution in [0.3, 0.4) is 0 Å². The summed E-state index contributed by atoms with van der Waals surface area (Å²) in [4.78, 5) is 11.7. The van der Waals surface area contributed by atoms with Gasteiger partial charge in [0.2, 0.25) is 0 Å². The van der Waals surface area contributed by atoms with Crippen molar-refractivity contribution in [3.8, 4) is 23.0 Å². The second-order valence-electron chi connectivity index (χ2n) is 8.14. The lowest BCUT2D eigenvalue weighted by atomic mass is 9.94. The highest BCUT2D eigenvalue weighted by Crippen LogP contribution is 2.34. The number of methoxy groups -OCH3 is 3. The van der Waals surface area contributed by atoms with Crippen LogP contribution < -0.4 is 18.9 Å². The molecule has 0 unspecified atom stereocenters. The molecule has 6 nitrogen and oxygen atoms in total. The summed E-state index contributed by atoms with van der Waals surface area (Å²) in [6, 6.07) is 17.8. The van der Waals surface area contributed by atoms with Crippen molar-refractivity contribution in [1.29, 1.82) is 0 Å². The highest BCUT2D eigenvalue weighted by atomic mass is 16.6. The Hall–Kier alpha value is -3.67. The zero-order valence-electron chi connectivity index (χ0n) is 19.9. The van der Waals surface area contributed by atoms with Crippen LogP contribution in [0.15, 0.2) is 54.6 Å². The zero-order valence-corrected chi connectivity index (χ0v) is 19.9. The molecule has 3 aromatic rings. The van der Waals surface area contributed by atoms with Crippen LogP contribution in [0.25, 0.3) is 0 Å². The molecule has 178 valence electrons. The molecule has 1 aliphatic heterocycles. The summed E-state index contributed by atoms with van der Waals surface area (Å²) in [5, 5.41) is 0.